The van der Waals surface area contributed by atoms with Gasteiger partial charge in [0.2, 0.25) is 5.78 Å². The highest BCUT2D eigenvalue weighted by Gasteiger charge is 2.20. The van der Waals surface area contributed by atoms with Crippen molar-refractivity contribution in [3.8, 4) is 0 Å². The number of nitrogens with zero attached hydrogens (tertiary/aromatic N) is 5. The first-order valence-electron chi connectivity index (χ1n) is 14.1. The second-order valence-electron chi connectivity index (χ2n) is 10.7. The Balaban J connectivity index is 1.47. The minimum Gasteiger partial charge on any atom is -0.349 e. The molecule has 0 spiro atoms. The molecule has 3 rings (SSSR count). The summed E-state index contributed by atoms with van der Waals surface area (Å²) in [7, 11) is 5.07. The predicted octanol–water partition coefficient (Wildman–Crippen LogP) is 1.12. The SMILES string of the molecule is CC(=O)CCNCCC(=O)Cc1cn(C)c(C(=O)Cc2cn(C)c(C(=O)NCCC(=O)Cc3cc(C(C)=O)n(C)c3)n2)n1. The number of rotatable bonds is 18. The maximum atomic E-state index is 13.0. The van der Waals surface area contributed by atoms with Crippen molar-refractivity contribution in [1.82, 2.24) is 34.3 Å². The molecule has 3 aromatic rings. The number of hydrogen-bond acceptors (Lipinski definition) is 9. The molecule has 13 nitrogen and oxygen atoms in total. The normalized spacial score (nSPS) is 11.0. The molecule has 0 aromatic carbocycles. The van der Waals surface area contributed by atoms with Crippen LogP contribution in [-0.4, -0.2) is 78.1 Å². The highest BCUT2D eigenvalue weighted by molar-refractivity contribution is 5.95. The quantitative estimate of drug-likeness (QED) is 0.162. The third-order valence-electron chi connectivity index (χ3n) is 6.77. The van der Waals surface area contributed by atoms with Crippen LogP contribution in [0.1, 0.15) is 81.8 Å². The fourth-order valence-corrected chi connectivity index (χ4v) is 4.64. The van der Waals surface area contributed by atoms with Crippen LogP contribution in [0.15, 0.2) is 24.7 Å². The van der Waals surface area contributed by atoms with E-state index in [1.54, 1.807) is 54.9 Å². The molecule has 0 aliphatic carbocycles. The molecule has 13 heteroatoms. The zero-order valence-electron chi connectivity index (χ0n) is 25.4. The van der Waals surface area contributed by atoms with Crippen LogP contribution >= 0.6 is 0 Å². The standard InChI is InChI=1S/C30H39N7O6/c1-19(38)6-9-31-10-7-25(41)14-22-17-36(4)28(33-22)27(42)15-23-18-37(5)29(34-23)30(43)32-11-8-24(40)12-21-13-26(20(2)39)35(3)16-21/h13,16-18,31H,6-12,14-15H2,1-5H3,(H,32,43). The van der Waals surface area contributed by atoms with E-state index >= 15 is 0 Å². The average Bonchev–Trinajstić information content (AvgIpc) is 3.59. The van der Waals surface area contributed by atoms with E-state index < -0.39 is 5.91 Å². The lowest BCUT2D eigenvalue weighted by Crippen LogP contribution is -2.28. The molecule has 1 amide bonds. The lowest BCUT2D eigenvalue weighted by Gasteiger charge is -2.04. The van der Waals surface area contributed by atoms with Gasteiger partial charge in [-0.25, -0.2) is 9.97 Å². The first kappa shape index (κ1) is 33.0. The van der Waals surface area contributed by atoms with E-state index in [1.165, 1.54) is 18.4 Å². The van der Waals surface area contributed by atoms with Gasteiger partial charge in [0, 0.05) is 92.0 Å². The van der Waals surface area contributed by atoms with Crippen LogP contribution in [0.4, 0.5) is 0 Å². The van der Waals surface area contributed by atoms with Crippen LogP contribution in [0.2, 0.25) is 0 Å². The number of aromatic nitrogens is 5. The van der Waals surface area contributed by atoms with Gasteiger partial charge in [0.25, 0.3) is 5.91 Å². The van der Waals surface area contributed by atoms with Crippen molar-refractivity contribution < 1.29 is 28.8 Å². The van der Waals surface area contributed by atoms with Gasteiger partial charge in [-0.1, -0.05) is 0 Å². The van der Waals surface area contributed by atoms with Crippen molar-refractivity contribution in [2.24, 2.45) is 21.1 Å². The van der Waals surface area contributed by atoms with Crippen molar-refractivity contribution in [3.63, 3.8) is 0 Å². The number of carbonyl (C=O) groups excluding carboxylic acids is 6. The Hall–Kier alpha value is -4.52. The number of ketones is 5. The minimum atomic E-state index is -0.471. The van der Waals surface area contributed by atoms with Gasteiger partial charge in [0.1, 0.15) is 17.3 Å². The van der Waals surface area contributed by atoms with Crippen LogP contribution in [0.5, 0.6) is 0 Å². The monoisotopic (exact) mass is 593 g/mol. The van der Waals surface area contributed by atoms with Crippen LogP contribution in [0.3, 0.4) is 0 Å². The summed E-state index contributed by atoms with van der Waals surface area (Å²) >= 11 is 0. The average molecular weight is 594 g/mol. The van der Waals surface area contributed by atoms with Gasteiger partial charge >= 0.3 is 0 Å². The van der Waals surface area contributed by atoms with Crippen molar-refractivity contribution in [1.29, 1.82) is 0 Å². The zero-order chi connectivity index (χ0) is 31.7. The van der Waals surface area contributed by atoms with E-state index in [1.807, 2.05) is 0 Å². The minimum absolute atomic E-state index is 0.0308. The molecule has 0 atom stereocenters. The lowest BCUT2D eigenvalue weighted by molar-refractivity contribution is -0.119. The summed E-state index contributed by atoms with van der Waals surface area (Å²) in [5, 5.41) is 5.75. The van der Waals surface area contributed by atoms with Crippen molar-refractivity contribution in [2.45, 2.75) is 52.4 Å². The number of amides is 1. The summed E-state index contributed by atoms with van der Waals surface area (Å²) in [5.74, 6) is -0.591. The highest BCUT2D eigenvalue weighted by Crippen LogP contribution is 2.11. The fraction of sp³-hybridized carbons (Fsp3) is 0.467. The van der Waals surface area contributed by atoms with Crippen LogP contribution in [0, 0.1) is 0 Å². The van der Waals surface area contributed by atoms with Crippen LogP contribution in [-0.2, 0) is 54.8 Å². The molecular formula is C30H39N7O6. The van der Waals surface area contributed by atoms with E-state index in [2.05, 4.69) is 20.6 Å². The molecule has 3 aromatic heterocycles. The van der Waals surface area contributed by atoms with E-state index in [4.69, 9.17) is 0 Å². The Morgan fingerprint density at radius 1 is 0.698 bits per heavy atom. The Bertz CT molecular complexity index is 1530. The number of nitrogens with one attached hydrogen (secondary N) is 2. The smallest absolute Gasteiger partial charge is 0.287 e. The third kappa shape index (κ3) is 9.77. The largest absolute Gasteiger partial charge is 0.349 e. The summed E-state index contributed by atoms with van der Waals surface area (Å²) in [6.45, 7) is 4.10. The van der Waals surface area contributed by atoms with Gasteiger partial charge in [-0.15, -0.1) is 0 Å². The third-order valence-corrected chi connectivity index (χ3v) is 6.77. The molecular weight excluding hydrogens is 554 g/mol. The molecule has 230 valence electrons. The number of aryl methyl sites for hydroxylation is 3. The molecule has 0 aliphatic rings. The van der Waals surface area contributed by atoms with Gasteiger partial charge in [0.05, 0.1) is 29.9 Å². The molecule has 43 heavy (non-hydrogen) atoms. The van der Waals surface area contributed by atoms with Crippen molar-refractivity contribution in [3.05, 3.63) is 59.0 Å². The van der Waals surface area contributed by atoms with Crippen molar-refractivity contribution in [2.75, 3.05) is 19.6 Å². The van der Waals surface area contributed by atoms with Gasteiger partial charge in [-0.2, -0.15) is 0 Å². The van der Waals surface area contributed by atoms with E-state index in [0.717, 1.165) is 5.56 Å². The molecule has 0 aliphatic heterocycles. The number of Topliss-reactive ketones (excluding diaryl/α,β-unsaturated/α-hetero) is 5. The van der Waals surface area contributed by atoms with Crippen LogP contribution < -0.4 is 10.6 Å². The summed E-state index contributed by atoms with van der Waals surface area (Å²) in [6, 6.07) is 1.70. The highest BCUT2D eigenvalue weighted by atomic mass is 16.2. The van der Waals surface area contributed by atoms with Crippen molar-refractivity contribution >= 4 is 34.8 Å². The van der Waals surface area contributed by atoms with E-state index in [-0.39, 0.29) is 72.8 Å². The molecule has 0 saturated heterocycles. The molecule has 2 N–H and O–H groups in total. The summed E-state index contributed by atoms with van der Waals surface area (Å²) < 4.78 is 4.77. The Morgan fingerprint density at radius 2 is 1.28 bits per heavy atom. The number of imidazole rings is 2. The molecule has 0 fully saturated rings. The van der Waals surface area contributed by atoms with Gasteiger partial charge < -0.3 is 24.3 Å². The first-order valence-corrected chi connectivity index (χ1v) is 14.1. The first-order chi connectivity index (χ1) is 20.3. The van der Waals surface area contributed by atoms with Gasteiger partial charge in [-0.3, -0.25) is 28.8 Å². The second-order valence-corrected chi connectivity index (χ2v) is 10.7. The Morgan fingerprint density at radius 3 is 1.93 bits per heavy atom. The predicted molar refractivity (Wildman–Crippen MR) is 157 cm³/mol. The Labute approximate surface area is 250 Å². The summed E-state index contributed by atoms with van der Waals surface area (Å²) in [5.41, 5.74) is 2.14. The summed E-state index contributed by atoms with van der Waals surface area (Å²) in [6.07, 6.45) is 5.98. The number of hydrogen-bond donors (Lipinski definition) is 2. The molecule has 0 saturated carbocycles. The maximum absolute atomic E-state index is 13.0. The summed E-state index contributed by atoms with van der Waals surface area (Å²) in [4.78, 5) is 81.6. The fourth-order valence-electron chi connectivity index (χ4n) is 4.64. The van der Waals surface area contributed by atoms with Crippen LogP contribution in [0.25, 0.3) is 0 Å². The van der Waals surface area contributed by atoms with Gasteiger partial charge in [0.15, 0.2) is 17.4 Å². The molecule has 3 heterocycles. The van der Waals surface area contributed by atoms with E-state index in [0.29, 0.717) is 43.0 Å². The lowest BCUT2D eigenvalue weighted by atomic mass is 10.1. The molecule has 0 unspecified atom stereocenters. The Kier molecular flexibility index (Phi) is 11.6. The van der Waals surface area contributed by atoms with Gasteiger partial charge in [-0.05, 0) is 18.6 Å². The van der Waals surface area contributed by atoms with E-state index in [9.17, 15) is 28.8 Å². The molecule has 0 radical (unpaired) electrons. The zero-order valence-corrected chi connectivity index (χ0v) is 25.4. The number of carbonyl (C=O) groups is 6. The maximum Gasteiger partial charge on any atom is 0.287 e. The topological polar surface area (TPSA) is 167 Å². The second kappa shape index (κ2) is 15.1. The molecule has 0 bridgehead atoms.